The zero-order valence-electron chi connectivity index (χ0n) is 17.3. The van der Waals surface area contributed by atoms with E-state index in [1.807, 2.05) is 30.3 Å². The summed E-state index contributed by atoms with van der Waals surface area (Å²) < 4.78 is 2.46. The zero-order chi connectivity index (χ0) is 20.3. The van der Waals surface area contributed by atoms with E-state index in [-0.39, 0.29) is 11.1 Å². The van der Waals surface area contributed by atoms with Crippen LogP contribution < -0.4 is 15.0 Å². The van der Waals surface area contributed by atoms with Gasteiger partial charge in [-0.1, -0.05) is 36.5 Å². The highest BCUT2D eigenvalue weighted by Gasteiger charge is 2.35. The van der Waals surface area contributed by atoms with Crippen molar-refractivity contribution in [3.05, 3.63) is 68.5 Å². The number of fused-ring (bicyclic) bond motifs is 4. The molecule has 29 heavy (non-hydrogen) atoms. The van der Waals surface area contributed by atoms with Gasteiger partial charge in [0.25, 0.3) is 5.56 Å². The van der Waals surface area contributed by atoms with Gasteiger partial charge in [0.05, 0.1) is 15.6 Å². The molecule has 5 heteroatoms. The summed E-state index contributed by atoms with van der Waals surface area (Å²) in [5, 5.41) is 0. The van der Waals surface area contributed by atoms with E-state index in [4.69, 9.17) is 0 Å². The lowest BCUT2D eigenvalue weighted by Gasteiger charge is -2.47. The van der Waals surface area contributed by atoms with Gasteiger partial charge in [0.15, 0.2) is 4.96 Å². The number of hydrogen-bond donors (Lipinski definition) is 0. The van der Waals surface area contributed by atoms with E-state index >= 15 is 0 Å². The lowest BCUT2D eigenvalue weighted by atomic mass is 9.79. The largest absolute Gasteiger partial charge is 0.366 e. The topological polar surface area (TPSA) is 37.6 Å². The SMILES string of the molecule is CCN1c2ccc(/C=c3\sc4nc5ccccc5n4c3=O)cc2[C@H](C)CC1(C)C. The molecule has 0 bridgehead atoms. The number of imidazole rings is 1. The number of hydrogen-bond acceptors (Lipinski definition) is 4. The highest BCUT2D eigenvalue weighted by Crippen LogP contribution is 2.43. The molecule has 1 aliphatic rings. The van der Waals surface area contributed by atoms with Crippen molar-refractivity contribution in [3.63, 3.8) is 0 Å². The van der Waals surface area contributed by atoms with Crippen LogP contribution in [0.25, 0.3) is 22.1 Å². The Morgan fingerprint density at radius 3 is 2.83 bits per heavy atom. The quantitative estimate of drug-likeness (QED) is 0.492. The fourth-order valence-corrected chi connectivity index (χ4v) is 5.95. The first kappa shape index (κ1) is 18.4. The highest BCUT2D eigenvalue weighted by atomic mass is 32.1. The highest BCUT2D eigenvalue weighted by molar-refractivity contribution is 7.15. The molecule has 0 saturated carbocycles. The number of benzene rings is 2. The maximum Gasteiger partial charge on any atom is 0.274 e. The Labute approximate surface area is 174 Å². The Morgan fingerprint density at radius 2 is 2.03 bits per heavy atom. The normalized spacial score (nSPS) is 19.2. The van der Waals surface area contributed by atoms with Crippen LogP contribution in [0.3, 0.4) is 0 Å². The predicted molar refractivity (Wildman–Crippen MR) is 122 cm³/mol. The molecule has 1 aliphatic heterocycles. The van der Waals surface area contributed by atoms with Crippen LogP contribution in [0.2, 0.25) is 0 Å². The van der Waals surface area contributed by atoms with E-state index < -0.39 is 0 Å². The molecule has 0 spiro atoms. The van der Waals surface area contributed by atoms with Gasteiger partial charge in [-0.3, -0.25) is 4.79 Å². The third-order valence-corrected chi connectivity index (χ3v) is 7.14. The van der Waals surface area contributed by atoms with E-state index in [2.05, 4.69) is 55.8 Å². The average Bonchev–Trinajstić information content (AvgIpc) is 3.18. The molecule has 0 aliphatic carbocycles. The van der Waals surface area contributed by atoms with Crippen LogP contribution in [0, 0.1) is 0 Å². The summed E-state index contributed by atoms with van der Waals surface area (Å²) >= 11 is 1.46. The number of nitrogens with zero attached hydrogens (tertiary/aromatic N) is 3. The summed E-state index contributed by atoms with van der Waals surface area (Å²) in [4.78, 5) is 20.9. The minimum absolute atomic E-state index is 0.0146. The second-order valence-electron chi connectivity index (χ2n) is 8.61. The third-order valence-electron chi connectivity index (χ3n) is 6.17. The van der Waals surface area contributed by atoms with Gasteiger partial charge < -0.3 is 4.90 Å². The molecule has 0 amide bonds. The van der Waals surface area contributed by atoms with Crippen LogP contribution in [0.4, 0.5) is 5.69 Å². The molecule has 0 fully saturated rings. The minimum atomic E-state index is 0.0146. The van der Waals surface area contributed by atoms with Crippen molar-refractivity contribution in [1.29, 1.82) is 0 Å². The van der Waals surface area contributed by atoms with Crippen molar-refractivity contribution in [2.24, 2.45) is 0 Å². The molecule has 4 nitrogen and oxygen atoms in total. The minimum Gasteiger partial charge on any atom is -0.366 e. The van der Waals surface area contributed by atoms with Crippen LogP contribution in [0.5, 0.6) is 0 Å². The van der Waals surface area contributed by atoms with Crippen molar-refractivity contribution in [3.8, 4) is 0 Å². The molecule has 0 radical (unpaired) electrons. The summed E-state index contributed by atoms with van der Waals surface area (Å²) in [5.74, 6) is 0.493. The molecule has 3 heterocycles. The molecule has 0 unspecified atom stereocenters. The van der Waals surface area contributed by atoms with E-state index in [0.29, 0.717) is 5.92 Å². The van der Waals surface area contributed by atoms with Crippen molar-refractivity contribution in [2.45, 2.75) is 45.6 Å². The van der Waals surface area contributed by atoms with Crippen molar-refractivity contribution < 1.29 is 0 Å². The summed E-state index contributed by atoms with van der Waals surface area (Å²) in [6.45, 7) is 10.2. The van der Waals surface area contributed by atoms with Crippen LogP contribution in [0.1, 0.15) is 51.2 Å². The zero-order valence-corrected chi connectivity index (χ0v) is 18.1. The third kappa shape index (κ3) is 2.79. The van der Waals surface area contributed by atoms with Gasteiger partial charge in [0, 0.05) is 17.8 Å². The summed E-state index contributed by atoms with van der Waals surface area (Å²) in [6.07, 6.45) is 3.14. The van der Waals surface area contributed by atoms with Gasteiger partial charge in [0.2, 0.25) is 0 Å². The fraction of sp³-hybridized carbons (Fsp3) is 0.333. The average molecular weight is 404 g/mol. The maximum atomic E-state index is 13.0. The Morgan fingerprint density at radius 1 is 1.24 bits per heavy atom. The van der Waals surface area contributed by atoms with Crippen LogP contribution in [0.15, 0.2) is 47.3 Å². The Balaban J connectivity index is 1.65. The Hall–Kier alpha value is -2.66. The first-order valence-electron chi connectivity index (χ1n) is 10.2. The second kappa shape index (κ2) is 6.42. The second-order valence-corrected chi connectivity index (χ2v) is 9.62. The van der Waals surface area contributed by atoms with Gasteiger partial charge in [-0.25, -0.2) is 9.38 Å². The van der Waals surface area contributed by atoms with Crippen molar-refractivity contribution in [1.82, 2.24) is 9.38 Å². The number of thiazole rings is 1. The van der Waals surface area contributed by atoms with Crippen molar-refractivity contribution >= 4 is 39.1 Å². The summed E-state index contributed by atoms with van der Waals surface area (Å²) in [5.41, 5.74) is 5.70. The van der Waals surface area contributed by atoms with E-state index in [1.165, 1.54) is 22.6 Å². The summed E-state index contributed by atoms with van der Waals surface area (Å²) in [6, 6.07) is 14.4. The van der Waals surface area contributed by atoms with Gasteiger partial charge in [-0.2, -0.15) is 0 Å². The lowest BCUT2D eigenvalue weighted by Crippen LogP contribution is -2.48. The summed E-state index contributed by atoms with van der Waals surface area (Å²) in [7, 11) is 0. The Bertz CT molecular complexity index is 1350. The van der Waals surface area contributed by atoms with Gasteiger partial charge in [0.1, 0.15) is 0 Å². The van der Waals surface area contributed by atoms with Crippen molar-refractivity contribution in [2.75, 3.05) is 11.4 Å². The Kier molecular flexibility index (Phi) is 4.07. The van der Waals surface area contributed by atoms with Gasteiger partial charge >= 0.3 is 0 Å². The molecule has 148 valence electrons. The molecular formula is C24H25N3OS. The predicted octanol–water partition coefficient (Wildman–Crippen LogP) is 4.57. The molecule has 4 aromatic rings. The lowest BCUT2D eigenvalue weighted by molar-refractivity contribution is 0.381. The number of aromatic nitrogens is 2. The maximum absolute atomic E-state index is 13.0. The number of rotatable bonds is 2. The molecule has 2 aromatic carbocycles. The van der Waals surface area contributed by atoms with Crippen LogP contribution in [-0.4, -0.2) is 21.5 Å². The van der Waals surface area contributed by atoms with E-state index in [0.717, 1.165) is 39.1 Å². The van der Waals surface area contributed by atoms with Gasteiger partial charge in [-0.15, -0.1) is 0 Å². The van der Waals surface area contributed by atoms with Crippen LogP contribution >= 0.6 is 11.3 Å². The molecule has 0 saturated heterocycles. The van der Waals surface area contributed by atoms with E-state index in [1.54, 1.807) is 4.40 Å². The monoisotopic (exact) mass is 403 g/mol. The first-order chi connectivity index (χ1) is 13.9. The number of anilines is 1. The number of para-hydroxylation sites is 2. The smallest absolute Gasteiger partial charge is 0.274 e. The van der Waals surface area contributed by atoms with Crippen LogP contribution in [-0.2, 0) is 0 Å². The standard InChI is InChI=1S/C24H25N3OS/c1-5-26-19-11-10-16(12-17(19)15(2)14-24(26,3)4)13-21-22(28)27-20-9-7-6-8-18(20)25-23(27)29-21/h6-13,15H,5,14H2,1-4H3/b21-13-/t15-/m1/s1. The first-order valence-corrected chi connectivity index (χ1v) is 11.0. The molecule has 1 atom stereocenters. The fourth-order valence-electron chi connectivity index (χ4n) is 4.96. The molecular weight excluding hydrogens is 378 g/mol. The van der Waals surface area contributed by atoms with Gasteiger partial charge in [-0.05, 0) is 74.6 Å². The molecule has 2 aromatic heterocycles. The molecule has 0 N–H and O–H groups in total. The molecule has 5 rings (SSSR count). The van der Waals surface area contributed by atoms with E-state index in [9.17, 15) is 4.79 Å².